The van der Waals surface area contributed by atoms with Crippen LogP contribution >= 0.6 is 11.8 Å². The number of hydrogen-bond donors (Lipinski definition) is 2. The van der Waals surface area contributed by atoms with E-state index in [-0.39, 0.29) is 24.0 Å². The molecule has 0 fully saturated rings. The molecule has 2 heterocycles. The fourth-order valence-electron chi connectivity index (χ4n) is 2.90. The molecule has 1 aromatic heterocycles. The van der Waals surface area contributed by atoms with E-state index in [9.17, 15) is 9.59 Å². The average Bonchev–Trinajstić information content (AvgIpc) is 3.02. The third-order valence-electron chi connectivity index (χ3n) is 4.24. The second kappa shape index (κ2) is 7.74. The van der Waals surface area contributed by atoms with E-state index < -0.39 is 0 Å². The minimum Gasteiger partial charge on any atom is -0.488 e. The Bertz CT molecular complexity index is 810. The Morgan fingerprint density at radius 1 is 1.44 bits per heavy atom. The van der Waals surface area contributed by atoms with Gasteiger partial charge in [-0.1, -0.05) is 30.0 Å². The first-order valence-corrected chi connectivity index (χ1v) is 9.44. The fraction of sp³-hybridized carbons (Fsp3) is 0.389. The monoisotopic (exact) mass is 359 g/mol. The zero-order valence-corrected chi connectivity index (χ0v) is 15.1. The zero-order valence-electron chi connectivity index (χ0n) is 14.3. The van der Waals surface area contributed by atoms with Gasteiger partial charge in [0.05, 0.1) is 6.54 Å². The summed E-state index contributed by atoms with van der Waals surface area (Å²) >= 11 is 1.39. The molecule has 6 nitrogen and oxygen atoms in total. The molecule has 0 radical (unpaired) electrons. The highest BCUT2D eigenvalue weighted by atomic mass is 32.2. The number of carbonyl (C=O) groups excluding carboxylic acids is 1. The average molecular weight is 359 g/mol. The van der Waals surface area contributed by atoms with Crippen molar-refractivity contribution in [2.75, 3.05) is 12.8 Å². The first kappa shape index (κ1) is 17.5. The maximum atomic E-state index is 12.1. The van der Waals surface area contributed by atoms with Crippen LogP contribution in [0.1, 0.15) is 23.2 Å². The van der Waals surface area contributed by atoms with Crippen LogP contribution < -0.4 is 15.6 Å². The summed E-state index contributed by atoms with van der Waals surface area (Å²) in [5.74, 6) is 0.802. The molecule has 0 saturated carbocycles. The van der Waals surface area contributed by atoms with Gasteiger partial charge in [0.1, 0.15) is 11.9 Å². The number of nitrogens with one attached hydrogen (secondary N) is 2. The van der Waals surface area contributed by atoms with Gasteiger partial charge in [-0.2, -0.15) is 0 Å². The smallest absolute Gasteiger partial charge is 0.254 e. The number of amides is 1. The number of ether oxygens (including phenoxy) is 1. The molecule has 25 heavy (non-hydrogen) atoms. The van der Waals surface area contributed by atoms with Crippen molar-refractivity contribution in [3.05, 3.63) is 51.4 Å². The first-order valence-electron chi connectivity index (χ1n) is 8.22. The van der Waals surface area contributed by atoms with Crippen LogP contribution in [-0.2, 0) is 17.6 Å². The van der Waals surface area contributed by atoms with Crippen molar-refractivity contribution in [3.8, 4) is 5.75 Å². The summed E-state index contributed by atoms with van der Waals surface area (Å²) in [6.45, 7) is 2.26. The standard InChI is InChI=1S/C18H21N3O3S/c1-11-14(17(23)21-18(20-11)25-2)7-8-16(22)19-10-13-9-12-5-3-4-6-15(12)24-13/h3-6,13H,7-10H2,1-2H3,(H,19,22)(H,20,21,23)/t13-/m0/s1. The highest BCUT2D eigenvalue weighted by Crippen LogP contribution is 2.27. The van der Waals surface area contributed by atoms with Crippen molar-refractivity contribution in [2.45, 2.75) is 37.4 Å². The van der Waals surface area contributed by atoms with Crippen LogP contribution in [0.15, 0.2) is 34.2 Å². The Hall–Kier alpha value is -2.28. The van der Waals surface area contributed by atoms with Crippen molar-refractivity contribution in [1.29, 1.82) is 0 Å². The maximum absolute atomic E-state index is 12.1. The van der Waals surface area contributed by atoms with Crippen LogP contribution in [0, 0.1) is 6.92 Å². The number of carbonyl (C=O) groups is 1. The highest BCUT2D eigenvalue weighted by Gasteiger charge is 2.22. The van der Waals surface area contributed by atoms with Crippen LogP contribution in [0.25, 0.3) is 0 Å². The molecule has 7 heteroatoms. The number of fused-ring (bicyclic) bond motifs is 1. The summed E-state index contributed by atoms with van der Waals surface area (Å²) in [4.78, 5) is 31.2. The van der Waals surface area contributed by atoms with E-state index in [1.807, 2.05) is 30.5 Å². The first-order chi connectivity index (χ1) is 12.1. The van der Waals surface area contributed by atoms with Gasteiger partial charge in [-0.25, -0.2) is 4.98 Å². The molecular formula is C18H21N3O3S. The molecule has 2 aromatic rings. The highest BCUT2D eigenvalue weighted by molar-refractivity contribution is 7.98. The van der Waals surface area contributed by atoms with Crippen molar-refractivity contribution < 1.29 is 9.53 Å². The fourth-order valence-corrected chi connectivity index (χ4v) is 3.32. The summed E-state index contributed by atoms with van der Waals surface area (Å²) in [7, 11) is 0. The quantitative estimate of drug-likeness (QED) is 0.607. The summed E-state index contributed by atoms with van der Waals surface area (Å²) in [6, 6.07) is 7.91. The number of H-pyrrole nitrogens is 1. The molecule has 132 valence electrons. The molecule has 1 atom stereocenters. The summed E-state index contributed by atoms with van der Waals surface area (Å²) < 4.78 is 5.80. The number of para-hydroxylation sites is 1. The van der Waals surface area contributed by atoms with Crippen LogP contribution in [0.4, 0.5) is 0 Å². The molecule has 0 spiro atoms. The Kier molecular flexibility index (Phi) is 5.43. The second-order valence-electron chi connectivity index (χ2n) is 5.99. The van der Waals surface area contributed by atoms with Gasteiger partial charge in [-0.15, -0.1) is 0 Å². The number of aromatic nitrogens is 2. The van der Waals surface area contributed by atoms with Gasteiger partial charge in [0, 0.05) is 24.1 Å². The molecule has 3 rings (SSSR count). The van der Waals surface area contributed by atoms with E-state index in [1.54, 1.807) is 6.92 Å². The molecule has 0 aliphatic carbocycles. The molecule has 1 amide bonds. The van der Waals surface area contributed by atoms with Gasteiger partial charge in [0.2, 0.25) is 5.91 Å². The van der Waals surface area contributed by atoms with Crippen molar-refractivity contribution in [1.82, 2.24) is 15.3 Å². The van der Waals surface area contributed by atoms with Gasteiger partial charge in [-0.3, -0.25) is 9.59 Å². The van der Waals surface area contributed by atoms with Gasteiger partial charge < -0.3 is 15.0 Å². The number of aryl methyl sites for hydroxylation is 1. The lowest BCUT2D eigenvalue weighted by Gasteiger charge is -2.12. The predicted octanol–water partition coefficient (Wildman–Crippen LogP) is 1.85. The number of rotatable bonds is 6. The Morgan fingerprint density at radius 3 is 2.96 bits per heavy atom. The Morgan fingerprint density at radius 2 is 2.24 bits per heavy atom. The maximum Gasteiger partial charge on any atom is 0.254 e. The summed E-state index contributed by atoms with van der Waals surface area (Å²) in [6.07, 6.45) is 3.25. The lowest BCUT2D eigenvalue weighted by Crippen LogP contribution is -2.34. The normalized spacial score (nSPS) is 15.5. The number of aromatic amines is 1. The lowest BCUT2D eigenvalue weighted by atomic mass is 10.1. The van der Waals surface area contributed by atoms with Gasteiger partial charge in [-0.05, 0) is 31.2 Å². The number of hydrogen-bond acceptors (Lipinski definition) is 5. The topological polar surface area (TPSA) is 84.1 Å². The molecule has 0 bridgehead atoms. The minimum atomic E-state index is -0.167. The van der Waals surface area contributed by atoms with E-state index in [4.69, 9.17) is 4.74 Å². The van der Waals surface area contributed by atoms with Crippen LogP contribution in [0.5, 0.6) is 5.75 Å². The van der Waals surface area contributed by atoms with Crippen LogP contribution in [-0.4, -0.2) is 34.8 Å². The van der Waals surface area contributed by atoms with Crippen LogP contribution in [0.2, 0.25) is 0 Å². The second-order valence-corrected chi connectivity index (χ2v) is 6.79. The molecule has 0 unspecified atom stereocenters. The predicted molar refractivity (Wildman–Crippen MR) is 97.3 cm³/mol. The van der Waals surface area contributed by atoms with Crippen molar-refractivity contribution >= 4 is 17.7 Å². The minimum absolute atomic E-state index is 0.0333. The largest absolute Gasteiger partial charge is 0.488 e. The van der Waals surface area contributed by atoms with E-state index in [0.717, 1.165) is 12.2 Å². The molecule has 2 N–H and O–H groups in total. The van der Waals surface area contributed by atoms with E-state index in [2.05, 4.69) is 15.3 Å². The lowest BCUT2D eigenvalue weighted by molar-refractivity contribution is -0.121. The van der Waals surface area contributed by atoms with Gasteiger partial charge in [0.15, 0.2) is 5.16 Å². The zero-order chi connectivity index (χ0) is 17.8. The van der Waals surface area contributed by atoms with Gasteiger partial charge in [0.25, 0.3) is 5.56 Å². The van der Waals surface area contributed by atoms with E-state index in [0.29, 0.717) is 29.4 Å². The Balaban J connectivity index is 1.49. The molecule has 1 aromatic carbocycles. The van der Waals surface area contributed by atoms with Crippen molar-refractivity contribution in [3.63, 3.8) is 0 Å². The SMILES string of the molecule is CSc1nc(C)c(CCC(=O)NC[C@@H]2Cc3ccccc3O2)c(=O)[nH]1. The van der Waals surface area contributed by atoms with E-state index in [1.165, 1.54) is 17.3 Å². The molecule has 1 aliphatic rings. The van der Waals surface area contributed by atoms with Gasteiger partial charge >= 0.3 is 0 Å². The van der Waals surface area contributed by atoms with E-state index >= 15 is 0 Å². The third-order valence-corrected chi connectivity index (χ3v) is 4.82. The Labute approximate surface area is 150 Å². The number of thioether (sulfide) groups is 1. The van der Waals surface area contributed by atoms with Crippen molar-refractivity contribution in [2.24, 2.45) is 0 Å². The molecular weight excluding hydrogens is 338 g/mol. The number of nitrogens with zero attached hydrogens (tertiary/aromatic N) is 1. The molecule has 0 saturated heterocycles. The third kappa shape index (κ3) is 4.22. The summed E-state index contributed by atoms with van der Waals surface area (Å²) in [5.41, 5.74) is 2.25. The summed E-state index contributed by atoms with van der Waals surface area (Å²) in [5, 5.41) is 3.48. The molecule has 1 aliphatic heterocycles. The number of benzene rings is 1. The van der Waals surface area contributed by atoms with Crippen LogP contribution in [0.3, 0.4) is 0 Å².